The SMILES string of the molecule is c1ccc(-c2ccc3c(c2)c2cc(-c4ccccc4)ccc2n3-c2ccc(-c3ccc(-c4ccc5c6c7ccccc7oc6n(-c6ccccc6)c5c4)cc3)cc2)cc1. The fraction of sp³-hybridized carbons (Fsp3) is 0. The highest BCUT2D eigenvalue weighted by atomic mass is 16.3. The number of nitrogens with zero attached hydrogens (tertiary/aromatic N) is 2. The zero-order chi connectivity index (χ0) is 38.9. The van der Waals surface area contributed by atoms with Crippen LogP contribution in [-0.4, -0.2) is 9.13 Å². The smallest absolute Gasteiger partial charge is 0.213 e. The Bertz CT molecular complexity index is 3400. The maximum Gasteiger partial charge on any atom is 0.213 e. The molecule has 12 aromatic rings. The van der Waals surface area contributed by atoms with Gasteiger partial charge in [0, 0.05) is 32.9 Å². The van der Waals surface area contributed by atoms with Gasteiger partial charge in [0.1, 0.15) is 5.58 Å². The third-order valence-electron chi connectivity index (χ3n) is 12.0. The molecule has 0 aliphatic heterocycles. The summed E-state index contributed by atoms with van der Waals surface area (Å²) in [5, 5.41) is 5.97. The Morgan fingerprint density at radius 2 is 0.712 bits per heavy atom. The van der Waals surface area contributed by atoms with Crippen molar-refractivity contribution in [3.63, 3.8) is 0 Å². The van der Waals surface area contributed by atoms with Gasteiger partial charge in [-0.1, -0.05) is 158 Å². The Hall–Kier alpha value is -7.88. The number of aromatic nitrogens is 2. The molecule has 3 heterocycles. The lowest BCUT2D eigenvalue weighted by atomic mass is 9.99. The molecule has 3 aromatic heterocycles. The highest BCUT2D eigenvalue weighted by Gasteiger charge is 2.20. The molecule has 0 radical (unpaired) electrons. The Kier molecular flexibility index (Phi) is 7.54. The molecule has 12 rings (SSSR count). The van der Waals surface area contributed by atoms with Crippen molar-refractivity contribution < 1.29 is 4.42 Å². The molecule has 9 aromatic carbocycles. The molecule has 0 unspecified atom stereocenters. The summed E-state index contributed by atoms with van der Waals surface area (Å²) in [5.74, 6) is 0. The topological polar surface area (TPSA) is 23.0 Å². The van der Waals surface area contributed by atoms with E-state index in [9.17, 15) is 0 Å². The van der Waals surface area contributed by atoms with E-state index in [4.69, 9.17) is 4.42 Å². The number of benzene rings is 9. The standard InChI is InChI=1S/C56H36N2O/c1-4-12-37(13-5-1)42-27-32-51-49(34-42)50-35-43(38-14-6-2-7-15-38)28-33-52(50)57(51)46-29-24-40(25-30-46)39-20-22-41(23-21-39)44-26-31-47-53(36-44)58(45-16-8-3-9-17-45)56-55(47)48-18-10-11-19-54(48)59-56/h1-36H. The number of hydrogen-bond donors (Lipinski definition) is 0. The van der Waals surface area contributed by atoms with E-state index >= 15 is 0 Å². The third-order valence-corrected chi connectivity index (χ3v) is 12.0. The first-order chi connectivity index (χ1) is 29.2. The average Bonchev–Trinajstić information content (AvgIpc) is 3.96. The number of para-hydroxylation sites is 2. The number of fused-ring (bicyclic) bond motifs is 8. The molecule has 0 fully saturated rings. The number of hydrogen-bond acceptors (Lipinski definition) is 1. The van der Waals surface area contributed by atoms with Crippen LogP contribution in [0.25, 0.3) is 111 Å². The van der Waals surface area contributed by atoms with Crippen LogP contribution in [0.3, 0.4) is 0 Å². The number of furan rings is 1. The van der Waals surface area contributed by atoms with E-state index in [1.807, 2.05) is 12.1 Å². The lowest BCUT2D eigenvalue weighted by molar-refractivity contribution is 0.645. The minimum Gasteiger partial charge on any atom is -0.439 e. The Morgan fingerprint density at radius 3 is 1.32 bits per heavy atom. The summed E-state index contributed by atoms with van der Waals surface area (Å²) in [6, 6.07) is 78.6. The van der Waals surface area contributed by atoms with Gasteiger partial charge in [-0.25, -0.2) is 0 Å². The van der Waals surface area contributed by atoms with Crippen molar-refractivity contribution in [2.45, 2.75) is 0 Å². The monoisotopic (exact) mass is 752 g/mol. The summed E-state index contributed by atoms with van der Waals surface area (Å²) in [4.78, 5) is 0. The molecule has 3 nitrogen and oxygen atoms in total. The van der Waals surface area contributed by atoms with Crippen molar-refractivity contribution in [2.75, 3.05) is 0 Å². The van der Waals surface area contributed by atoms with E-state index in [-0.39, 0.29) is 0 Å². The fourth-order valence-corrected chi connectivity index (χ4v) is 9.08. The molecule has 3 heteroatoms. The number of rotatable bonds is 6. The van der Waals surface area contributed by atoms with Crippen molar-refractivity contribution in [2.24, 2.45) is 0 Å². The van der Waals surface area contributed by atoms with Gasteiger partial charge in [-0.2, -0.15) is 0 Å². The van der Waals surface area contributed by atoms with Crippen LogP contribution in [0.5, 0.6) is 0 Å². The van der Waals surface area contributed by atoms with Gasteiger partial charge in [0.05, 0.1) is 21.9 Å². The molecular weight excluding hydrogens is 717 g/mol. The molecule has 0 N–H and O–H groups in total. The predicted molar refractivity (Wildman–Crippen MR) is 247 cm³/mol. The highest BCUT2D eigenvalue weighted by Crippen LogP contribution is 2.41. The molecule has 0 atom stereocenters. The van der Waals surface area contributed by atoms with E-state index in [1.165, 1.54) is 71.7 Å². The molecule has 0 aliphatic rings. The molecule has 0 amide bonds. The largest absolute Gasteiger partial charge is 0.439 e. The van der Waals surface area contributed by atoms with E-state index in [2.05, 4.69) is 215 Å². The van der Waals surface area contributed by atoms with Gasteiger partial charge >= 0.3 is 0 Å². The van der Waals surface area contributed by atoms with Gasteiger partial charge < -0.3 is 8.98 Å². The van der Waals surface area contributed by atoms with Gasteiger partial charge in [-0.3, -0.25) is 4.57 Å². The maximum atomic E-state index is 6.51. The van der Waals surface area contributed by atoms with E-state index in [0.717, 1.165) is 39.0 Å². The zero-order valence-corrected chi connectivity index (χ0v) is 32.1. The van der Waals surface area contributed by atoms with E-state index in [1.54, 1.807) is 0 Å². The summed E-state index contributed by atoms with van der Waals surface area (Å²) < 4.78 is 11.2. The maximum absolute atomic E-state index is 6.51. The molecular formula is C56H36N2O. The predicted octanol–water partition coefficient (Wildman–Crippen LogP) is 15.3. The van der Waals surface area contributed by atoms with E-state index in [0.29, 0.717) is 0 Å². The van der Waals surface area contributed by atoms with Crippen LogP contribution in [0.15, 0.2) is 223 Å². The lowest BCUT2D eigenvalue weighted by Gasteiger charge is -2.11. The van der Waals surface area contributed by atoms with Crippen LogP contribution in [0, 0.1) is 0 Å². The first kappa shape index (κ1) is 33.3. The normalized spacial score (nSPS) is 11.7. The van der Waals surface area contributed by atoms with Crippen LogP contribution < -0.4 is 0 Å². The minimum absolute atomic E-state index is 0.873. The van der Waals surface area contributed by atoms with Crippen LogP contribution in [0.1, 0.15) is 0 Å². The van der Waals surface area contributed by atoms with Crippen molar-refractivity contribution in [3.8, 4) is 55.9 Å². The van der Waals surface area contributed by atoms with Crippen molar-refractivity contribution in [1.82, 2.24) is 9.13 Å². The zero-order valence-electron chi connectivity index (χ0n) is 32.1. The molecule has 0 aliphatic carbocycles. The lowest BCUT2D eigenvalue weighted by Crippen LogP contribution is -1.94. The van der Waals surface area contributed by atoms with E-state index < -0.39 is 0 Å². The summed E-state index contributed by atoms with van der Waals surface area (Å²) in [6.07, 6.45) is 0. The first-order valence-corrected chi connectivity index (χ1v) is 20.2. The van der Waals surface area contributed by atoms with Gasteiger partial charge in [0.25, 0.3) is 0 Å². The summed E-state index contributed by atoms with van der Waals surface area (Å²) in [5.41, 5.74) is 17.1. The summed E-state index contributed by atoms with van der Waals surface area (Å²) >= 11 is 0. The fourth-order valence-electron chi connectivity index (χ4n) is 9.08. The summed E-state index contributed by atoms with van der Waals surface area (Å²) in [6.45, 7) is 0. The van der Waals surface area contributed by atoms with Crippen LogP contribution in [-0.2, 0) is 0 Å². The van der Waals surface area contributed by atoms with Gasteiger partial charge in [0.2, 0.25) is 5.71 Å². The van der Waals surface area contributed by atoms with Gasteiger partial charge in [-0.15, -0.1) is 0 Å². The van der Waals surface area contributed by atoms with Crippen LogP contribution in [0.2, 0.25) is 0 Å². The summed E-state index contributed by atoms with van der Waals surface area (Å²) in [7, 11) is 0. The second-order valence-corrected chi connectivity index (χ2v) is 15.3. The van der Waals surface area contributed by atoms with Crippen molar-refractivity contribution in [1.29, 1.82) is 0 Å². The minimum atomic E-state index is 0.873. The third kappa shape index (κ3) is 5.44. The van der Waals surface area contributed by atoms with Gasteiger partial charge in [-0.05, 0) is 105 Å². The quantitative estimate of drug-likeness (QED) is 0.166. The average molecular weight is 753 g/mol. The Balaban J connectivity index is 0.912. The molecule has 0 saturated carbocycles. The Labute approximate surface area is 341 Å². The van der Waals surface area contributed by atoms with Crippen molar-refractivity contribution in [3.05, 3.63) is 218 Å². The molecule has 59 heavy (non-hydrogen) atoms. The van der Waals surface area contributed by atoms with Crippen molar-refractivity contribution >= 4 is 54.8 Å². The second-order valence-electron chi connectivity index (χ2n) is 15.3. The highest BCUT2D eigenvalue weighted by molar-refractivity contribution is 6.20. The second kappa shape index (κ2) is 13.4. The first-order valence-electron chi connectivity index (χ1n) is 20.2. The van der Waals surface area contributed by atoms with Crippen LogP contribution in [0.4, 0.5) is 0 Å². The molecule has 0 bridgehead atoms. The van der Waals surface area contributed by atoms with Gasteiger partial charge in [0.15, 0.2) is 0 Å². The Morgan fingerprint density at radius 1 is 0.271 bits per heavy atom. The van der Waals surface area contributed by atoms with Crippen LogP contribution >= 0.6 is 0 Å². The molecule has 0 saturated heterocycles. The molecule has 0 spiro atoms. The molecule has 276 valence electrons.